The number of benzene rings is 3. The summed E-state index contributed by atoms with van der Waals surface area (Å²) in [4.78, 5) is 12.4. The van der Waals surface area contributed by atoms with Crippen LogP contribution in [0.4, 0.5) is 0 Å². The van der Waals surface area contributed by atoms with Gasteiger partial charge in [0, 0.05) is 7.05 Å². The van der Waals surface area contributed by atoms with Crippen LogP contribution >= 0.6 is 0 Å². The summed E-state index contributed by atoms with van der Waals surface area (Å²) in [6, 6.07) is 18.1. The van der Waals surface area contributed by atoms with Crippen LogP contribution in [0, 0.1) is 20.8 Å². The van der Waals surface area contributed by atoms with E-state index in [0.29, 0.717) is 11.4 Å². The topological polar surface area (TPSA) is 71.2 Å². The molecule has 164 valence electrons. The van der Waals surface area contributed by atoms with Gasteiger partial charge >= 0.3 is 5.69 Å². The Kier molecular flexibility index (Phi) is 5.81. The van der Waals surface area contributed by atoms with Gasteiger partial charge in [-0.2, -0.15) is 9.36 Å². The van der Waals surface area contributed by atoms with E-state index in [1.54, 1.807) is 20.2 Å². The molecule has 0 aliphatic carbocycles. The highest BCUT2D eigenvalue weighted by molar-refractivity contribution is 5.67. The first-order valence-electron chi connectivity index (χ1n) is 10.4. The standard InChI is InChI=1S/C25H26N4O3/c1-16-9-10-19(13-17(16)2)20-11-12-23(18(3)14-20)32-15-21-22(7-6-8-24(21)31-5)29-25(30)28(4)26-27-29/h6-14H,15H2,1-5H3. The number of methoxy groups -OCH3 is 1. The van der Waals surface area contributed by atoms with Crippen LogP contribution in [0.15, 0.2) is 59.4 Å². The van der Waals surface area contributed by atoms with E-state index in [4.69, 9.17) is 9.47 Å². The highest BCUT2D eigenvalue weighted by Crippen LogP contribution is 2.30. The number of aryl methyl sites for hydroxylation is 4. The van der Waals surface area contributed by atoms with E-state index in [0.717, 1.165) is 22.4 Å². The fraction of sp³-hybridized carbons (Fsp3) is 0.240. The lowest BCUT2D eigenvalue weighted by Crippen LogP contribution is -2.23. The average molecular weight is 431 g/mol. The van der Waals surface area contributed by atoms with Crippen molar-refractivity contribution in [1.82, 2.24) is 19.8 Å². The van der Waals surface area contributed by atoms with Crippen molar-refractivity contribution in [1.29, 1.82) is 0 Å². The van der Waals surface area contributed by atoms with Gasteiger partial charge in [-0.3, -0.25) is 0 Å². The van der Waals surface area contributed by atoms with Crippen LogP contribution in [0.5, 0.6) is 11.5 Å². The summed E-state index contributed by atoms with van der Waals surface area (Å²) in [5, 5.41) is 7.77. The maximum Gasteiger partial charge on any atom is 0.368 e. The van der Waals surface area contributed by atoms with Crippen LogP contribution in [-0.4, -0.2) is 26.9 Å². The molecule has 0 N–H and O–H groups in total. The van der Waals surface area contributed by atoms with Crippen LogP contribution in [-0.2, 0) is 13.7 Å². The first-order valence-corrected chi connectivity index (χ1v) is 10.4. The number of ether oxygens (including phenoxy) is 2. The zero-order valence-electron chi connectivity index (χ0n) is 18.9. The third kappa shape index (κ3) is 4.01. The van der Waals surface area contributed by atoms with Crippen molar-refractivity contribution in [3.8, 4) is 28.3 Å². The largest absolute Gasteiger partial charge is 0.496 e. The molecule has 0 amide bonds. The second-order valence-electron chi connectivity index (χ2n) is 7.82. The second kappa shape index (κ2) is 8.70. The molecule has 0 fully saturated rings. The molecule has 4 rings (SSSR count). The summed E-state index contributed by atoms with van der Waals surface area (Å²) in [6.45, 7) is 6.47. The van der Waals surface area contributed by atoms with Crippen molar-refractivity contribution in [3.63, 3.8) is 0 Å². The van der Waals surface area contributed by atoms with Crippen molar-refractivity contribution >= 4 is 0 Å². The third-order valence-corrected chi connectivity index (χ3v) is 5.67. The fourth-order valence-corrected chi connectivity index (χ4v) is 3.62. The number of aromatic nitrogens is 4. The lowest BCUT2D eigenvalue weighted by atomic mass is 9.99. The van der Waals surface area contributed by atoms with E-state index in [1.807, 2.05) is 25.1 Å². The van der Waals surface area contributed by atoms with Gasteiger partial charge in [0.2, 0.25) is 0 Å². The van der Waals surface area contributed by atoms with E-state index in [-0.39, 0.29) is 12.3 Å². The Balaban J connectivity index is 1.63. The molecule has 7 nitrogen and oxygen atoms in total. The molecule has 32 heavy (non-hydrogen) atoms. The highest BCUT2D eigenvalue weighted by atomic mass is 16.5. The molecule has 0 spiro atoms. The van der Waals surface area contributed by atoms with Gasteiger partial charge in [-0.1, -0.05) is 30.3 Å². The van der Waals surface area contributed by atoms with Gasteiger partial charge in [0.1, 0.15) is 18.1 Å². The van der Waals surface area contributed by atoms with Crippen molar-refractivity contribution in [2.45, 2.75) is 27.4 Å². The predicted octanol–water partition coefficient (Wildman–Crippen LogP) is 4.15. The SMILES string of the molecule is COc1cccc(-n2nnn(C)c2=O)c1COc1ccc(-c2ccc(C)c(C)c2)cc1C. The average Bonchev–Trinajstić information content (AvgIpc) is 3.12. The minimum absolute atomic E-state index is 0.214. The Hall–Kier alpha value is -3.87. The zero-order valence-corrected chi connectivity index (χ0v) is 18.9. The van der Waals surface area contributed by atoms with Crippen LogP contribution in [0.1, 0.15) is 22.3 Å². The summed E-state index contributed by atoms with van der Waals surface area (Å²) < 4.78 is 14.1. The zero-order chi connectivity index (χ0) is 22.8. The van der Waals surface area contributed by atoms with Gasteiger partial charge in [-0.05, 0) is 83.3 Å². The van der Waals surface area contributed by atoms with Gasteiger partial charge in [0.05, 0.1) is 18.4 Å². The molecule has 7 heteroatoms. The minimum atomic E-state index is -0.339. The van der Waals surface area contributed by atoms with Gasteiger partial charge in [0.15, 0.2) is 0 Å². The van der Waals surface area contributed by atoms with E-state index >= 15 is 0 Å². The Morgan fingerprint density at radius 1 is 0.844 bits per heavy atom. The number of hydrogen-bond donors (Lipinski definition) is 0. The van der Waals surface area contributed by atoms with Crippen LogP contribution < -0.4 is 15.2 Å². The van der Waals surface area contributed by atoms with E-state index in [2.05, 4.69) is 54.6 Å². The van der Waals surface area contributed by atoms with Crippen LogP contribution in [0.3, 0.4) is 0 Å². The Labute approximate surface area is 186 Å². The van der Waals surface area contributed by atoms with Crippen LogP contribution in [0.2, 0.25) is 0 Å². The molecule has 3 aromatic carbocycles. The van der Waals surface area contributed by atoms with E-state index in [9.17, 15) is 4.79 Å². The molecule has 1 aromatic heterocycles. The normalized spacial score (nSPS) is 10.9. The first-order chi connectivity index (χ1) is 15.4. The van der Waals surface area contributed by atoms with Crippen molar-refractivity contribution in [3.05, 3.63) is 87.3 Å². The van der Waals surface area contributed by atoms with Crippen molar-refractivity contribution in [2.75, 3.05) is 7.11 Å². The first kappa shape index (κ1) is 21.4. The number of tetrazole rings is 1. The third-order valence-electron chi connectivity index (χ3n) is 5.67. The fourth-order valence-electron chi connectivity index (χ4n) is 3.62. The molecule has 1 heterocycles. The Morgan fingerprint density at radius 3 is 2.19 bits per heavy atom. The highest BCUT2D eigenvalue weighted by Gasteiger charge is 2.16. The smallest absolute Gasteiger partial charge is 0.368 e. The molecule has 0 atom stereocenters. The molecule has 0 saturated heterocycles. The molecule has 0 aliphatic heterocycles. The lowest BCUT2D eigenvalue weighted by molar-refractivity contribution is 0.294. The number of nitrogens with zero attached hydrogens (tertiary/aromatic N) is 4. The Bertz CT molecular complexity index is 1340. The minimum Gasteiger partial charge on any atom is -0.496 e. The van der Waals surface area contributed by atoms with E-state index in [1.165, 1.54) is 26.1 Å². The van der Waals surface area contributed by atoms with Crippen molar-refractivity contribution in [2.24, 2.45) is 7.05 Å². The maximum atomic E-state index is 12.4. The second-order valence-corrected chi connectivity index (χ2v) is 7.82. The Morgan fingerprint density at radius 2 is 1.56 bits per heavy atom. The van der Waals surface area contributed by atoms with Gasteiger partial charge in [-0.25, -0.2) is 4.79 Å². The molecule has 0 radical (unpaired) electrons. The summed E-state index contributed by atoms with van der Waals surface area (Å²) in [7, 11) is 3.15. The molecule has 4 aromatic rings. The summed E-state index contributed by atoms with van der Waals surface area (Å²) >= 11 is 0. The lowest BCUT2D eigenvalue weighted by Gasteiger charge is -2.16. The summed E-state index contributed by atoms with van der Waals surface area (Å²) in [5.41, 5.74) is 6.84. The predicted molar refractivity (Wildman–Crippen MR) is 124 cm³/mol. The van der Waals surface area contributed by atoms with Gasteiger partial charge in [-0.15, -0.1) is 0 Å². The molecule has 0 unspecified atom stereocenters. The molecular weight excluding hydrogens is 404 g/mol. The maximum absolute atomic E-state index is 12.4. The van der Waals surface area contributed by atoms with Gasteiger partial charge in [0.25, 0.3) is 0 Å². The molecular formula is C25H26N4O3. The molecule has 0 aliphatic rings. The van der Waals surface area contributed by atoms with Crippen LogP contribution in [0.25, 0.3) is 16.8 Å². The van der Waals surface area contributed by atoms with Gasteiger partial charge < -0.3 is 9.47 Å². The van der Waals surface area contributed by atoms with Crippen molar-refractivity contribution < 1.29 is 9.47 Å². The quantitative estimate of drug-likeness (QED) is 0.460. The molecule has 0 saturated carbocycles. The summed E-state index contributed by atoms with van der Waals surface area (Å²) in [6.07, 6.45) is 0. The molecule has 0 bridgehead atoms. The number of hydrogen-bond acceptors (Lipinski definition) is 5. The number of rotatable bonds is 6. The van der Waals surface area contributed by atoms with E-state index < -0.39 is 0 Å². The monoisotopic (exact) mass is 430 g/mol. The summed E-state index contributed by atoms with van der Waals surface area (Å²) in [5.74, 6) is 1.38.